The maximum atomic E-state index is 13.1. The average Bonchev–Trinajstić information content (AvgIpc) is 2.84. The molecule has 0 radical (unpaired) electrons. The van der Waals surface area contributed by atoms with Crippen molar-refractivity contribution < 1.29 is 9.53 Å². The second-order valence-electron chi connectivity index (χ2n) is 7.04. The van der Waals surface area contributed by atoms with E-state index in [1.165, 1.54) is 6.21 Å². The molecule has 0 aliphatic rings. The monoisotopic (exact) mass is 426 g/mol. The number of allylic oxidation sites excluding steroid dienone is 3. The summed E-state index contributed by atoms with van der Waals surface area (Å²) in [4.78, 5) is 23.2. The van der Waals surface area contributed by atoms with Gasteiger partial charge >= 0.3 is 0 Å². The molecule has 0 aliphatic heterocycles. The molecule has 3 rings (SSSR count). The third-order valence-corrected chi connectivity index (χ3v) is 4.89. The predicted molar refractivity (Wildman–Crippen MR) is 129 cm³/mol. The van der Waals surface area contributed by atoms with Crippen molar-refractivity contribution in [3.8, 4) is 5.75 Å². The molecule has 1 heterocycles. The lowest BCUT2D eigenvalue weighted by Gasteiger charge is -2.23. The molecule has 6 heteroatoms. The summed E-state index contributed by atoms with van der Waals surface area (Å²) >= 11 is 0. The van der Waals surface area contributed by atoms with Crippen LogP contribution in [0.15, 0.2) is 89.7 Å². The van der Waals surface area contributed by atoms with E-state index in [2.05, 4.69) is 16.7 Å². The Labute approximate surface area is 188 Å². The van der Waals surface area contributed by atoms with Gasteiger partial charge in [-0.15, -0.1) is 0 Å². The SMILES string of the molecule is C=N/C(=C\C=C/C)CN(Cc1ccccn1)C(=O)COc1ccc(C=N)c2ccccc12. The molecule has 1 aromatic heterocycles. The van der Waals surface area contributed by atoms with Crippen LogP contribution in [0.2, 0.25) is 0 Å². The van der Waals surface area contributed by atoms with Crippen LogP contribution in [0, 0.1) is 5.41 Å². The number of carbonyl (C=O) groups excluding carboxylic acids is 1. The van der Waals surface area contributed by atoms with Gasteiger partial charge in [-0.25, -0.2) is 0 Å². The van der Waals surface area contributed by atoms with Crippen LogP contribution in [0.5, 0.6) is 5.75 Å². The van der Waals surface area contributed by atoms with Crippen molar-refractivity contribution in [3.63, 3.8) is 0 Å². The molecule has 3 aromatic rings. The number of carbonyl (C=O) groups is 1. The van der Waals surface area contributed by atoms with Crippen molar-refractivity contribution >= 4 is 29.6 Å². The van der Waals surface area contributed by atoms with E-state index >= 15 is 0 Å². The minimum absolute atomic E-state index is 0.130. The van der Waals surface area contributed by atoms with Gasteiger partial charge in [0.1, 0.15) is 5.75 Å². The number of nitrogens with one attached hydrogen (secondary N) is 1. The molecule has 2 aromatic carbocycles. The van der Waals surface area contributed by atoms with Gasteiger partial charge in [-0.05, 0) is 49.4 Å². The molecular formula is C26H26N4O2. The standard InChI is InChI=1S/C26H26N4O2/c1-3-4-9-21(28-2)17-30(18-22-10-7-8-15-29-22)26(31)19-32-25-14-13-20(16-27)23-11-5-6-12-24(23)25/h3-16,27H,2,17-19H2,1H3/b4-3-,21-9-,27-16?. The number of hydrogen-bond donors (Lipinski definition) is 1. The normalized spacial score (nSPS) is 11.5. The highest BCUT2D eigenvalue weighted by atomic mass is 16.5. The molecule has 1 amide bonds. The Morgan fingerprint density at radius 1 is 1.16 bits per heavy atom. The first-order valence-electron chi connectivity index (χ1n) is 10.3. The first-order chi connectivity index (χ1) is 15.7. The first-order valence-corrected chi connectivity index (χ1v) is 10.3. The van der Waals surface area contributed by atoms with Crippen LogP contribution in [0.3, 0.4) is 0 Å². The quantitative estimate of drug-likeness (QED) is 0.374. The van der Waals surface area contributed by atoms with Crippen molar-refractivity contribution in [3.05, 3.63) is 96.0 Å². The van der Waals surface area contributed by atoms with E-state index < -0.39 is 0 Å². The van der Waals surface area contributed by atoms with Crippen molar-refractivity contribution in [2.75, 3.05) is 13.2 Å². The summed E-state index contributed by atoms with van der Waals surface area (Å²) in [5, 5.41) is 9.37. The molecular weight excluding hydrogens is 400 g/mol. The Morgan fingerprint density at radius 2 is 1.94 bits per heavy atom. The second-order valence-corrected chi connectivity index (χ2v) is 7.04. The van der Waals surface area contributed by atoms with E-state index in [1.807, 2.05) is 73.7 Å². The number of benzene rings is 2. The molecule has 162 valence electrons. The lowest BCUT2D eigenvalue weighted by atomic mass is 10.0. The number of ether oxygens (including phenoxy) is 1. The Morgan fingerprint density at radius 3 is 2.62 bits per heavy atom. The molecule has 6 nitrogen and oxygen atoms in total. The smallest absolute Gasteiger partial charge is 0.261 e. The minimum atomic E-state index is -0.189. The zero-order valence-corrected chi connectivity index (χ0v) is 18.1. The highest BCUT2D eigenvalue weighted by Gasteiger charge is 2.17. The maximum absolute atomic E-state index is 13.1. The number of aliphatic imine (C=N–C) groups is 1. The number of fused-ring (bicyclic) bond motifs is 1. The molecule has 0 atom stereocenters. The van der Waals surface area contributed by atoms with Crippen LogP contribution >= 0.6 is 0 Å². The van der Waals surface area contributed by atoms with Crippen LogP contribution in [0.25, 0.3) is 10.8 Å². The van der Waals surface area contributed by atoms with Gasteiger partial charge in [0.25, 0.3) is 5.91 Å². The molecule has 0 spiro atoms. The van der Waals surface area contributed by atoms with Gasteiger partial charge in [0.05, 0.1) is 24.5 Å². The van der Waals surface area contributed by atoms with Gasteiger partial charge in [0.15, 0.2) is 6.61 Å². The van der Waals surface area contributed by atoms with E-state index in [4.69, 9.17) is 10.1 Å². The maximum Gasteiger partial charge on any atom is 0.261 e. The molecule has 0 fully saturated rings. The van der Waals surface area contributed by atoms with Gasteiger partial charge < -0.3 is 15.0 Å². The summed E-state index contributed by atoms with van der Waals surface area (Å²) in [5.74, 6) is 0.412. The third kappa shape index (κ3) is 5.76. The van der Waals surface area contributed by atoms with E-state index in [1.54, 1.807) is 17.2 Å². The Balaban J connectivity index is 1.81. The van der Waals surface area contributed by atoms with Gasteiger partial charge in [-0.2, -0.15) is 0 Å². The van der Waals surface area contributed by atoms with E-state index in [-0.39, 0.29) is 12.5 Å². The van der Waals surface area contributed by atoms with Crippen LogP contribution in [-0.4, -0.2) is 41.9 Å². The topological polar surface area (TPSA) is 78.6 Å². The Kier molecular flexibility index (Phi) is 8.03. The first kappa shape index (κ1) is 22.6. The Hall–Kier alpha value is -4.06. The van der Waals surface area contributed by atoms with Gasteiger partial charge in [0, 0.05) is 23.4 Å². The van der Waals surface area contributed by atoms with Crippen LogP contribution in [0.4, 0.5) is 0 Å². The van der Waals surface area contributed by atoms with Crippen molar-refractivity contribution in [2.45, 2.75) is 13.5 Å². The summed E-state index contributed by atoms with van der Waals surface area (Å²) in [7, 11) is 0. The van der Waals surface area contributed by atoms with E-state index in [9.17, 15) is 4.79 Å². The highest BCUT2D eigenvalue weighted by molar-refractivity contribution is 6.01. The lowest BCUT2D eigenvalue weighted by Crippen LogP contribution is -2.36. The number of hydrogen-bond acceptors (Lipinski definition) is 5. The number of nitrogens with zero attached hydrogens (tertiary/aromatic N) is 3. The molecule has 0 aliphatic carbocycles. The second kappa shape index (κ2) is 11.4. The van der Waals surface area contributed by atoms with Crippen molar-refractivity contribution in [1.82, 2.24) is 9.88 Å². The van der Waals surface area contributed by atoms with E-state index in [0.717, 1.165) is 22.0 Å². The highest BCUT2D eigenvalue weighted by Crippen LogP contribution is 2.28. The zero-order valence-electron chi connectivity index (χ0n) is 18.1. The van der Waals surface area contributed by atoms with Gasteiger partial charge in [-0.1, -0.05) is 42.5 Å². The fourth-order valence-electron chi connectivity index (χ4n) is 3.25. The lowest BCUT2D eigenvalue weighted by molar-refractivity contribution is -0.133. The molecule has 32 heavy (non-hydrogen) atoms. The Bertz CT molecular complexity index is 1150. The molecule has 1 N–H and O–H groups in total. The van der Waals surface area contributed by atoms with Crippen molar-refractivity contribution in [1.29, 1.82) is 5.41 Å². The van der Waals surface area contributed by atoms with Crippen LogP contribution < -0.4 is 4.74 Å². The molecule has 0 bridgehead atoms. The summed E-state index contributed by atoms with van der Waals surface area (Å²) in [6.45, 7) is 6.03. The molecule has 0 saturated carbocycles. The molecule has 0 unspecified atom stereocenters. The number of rotatable bonds is 10. The minimum Gasteiger partial charge on any atom is -0.483 e. The number of pyridine rings is 1. The number of amides is 1. The third-order valence-electron chi connectivity index (χ3n) is 4.89. The van der Waals surface area contributed by atoms with Crippen molar-refractivity contribution in [2.24, 2.45) is 4.99 Å². The predicted octanol–water partition coefficient (Wildman–Crippen LogP) is 4.80. The number of aromatic nitrogens is 1. The van der Waals surface area contributed by atoms with E-state index in [0.29, 0.717) is 24.5 Å². The molecule has 0 saturated heterocycles. The summed E-state index contributed by atoms with van der Waals surface area (Å²) < 4.78 is 5.93. The summed E-state index contributed by atoms with van der Waals surface area (Å²) in [5.41, 5.74) is 2.25. The van der Waals surface area contributed by atoms with Gasteiger partial charge in [0.2, 0.25) is 0 Å². The summed E-state index contributed by atoms with van der Waals surface area (Å²) in [6, 6.07) is 16.9. The van der Waals surface area contributed by atoms with Gasteiger partial charge in [-0.3, -0.25) is 14.8 Å². The van der Waals surface area contributed by atoms with Crippen LogP contribution in [-0.2, 0) is 11.3 Å². The van der Waals surface area contributed by atoms with Crippen LogP contribution in [0.1, 0.15) is 18.2 Å². The largest absolute Gasteiger partial charge is 0.483 e. The summed E-state index contributed by atoms with van der Waals surface area (Å²) in [6.07, 6.45) is 8.60. The average molecular weight is 427 g/mol. The fourth-order valence-corrected chi connectivity index (χ4v) is 3.25. The zero-order chi connectivity index (χ0) is 22.8. The fraction of sp³-hybridized carbons (Fsp3) is 0.154.